The van der Waals surface area contributed by atoms with Gasteiger partial charge in [0, 0.05) is 30.1 Å². The molecule has 2 heterocycles. The molecule has 1 amide bonds. The number of para-hydroxylation sites is 1. The molecule has 0 saturated heterocycles. The summed E-state index contributed by atoms with van der Waals surface area (Å²) in [6, 6.07) is 15.0. The lowest BCUT2D eigenvalue weighted by Crippen LogP contribution is -2.24. The molecule has 1 aromatic carbocycles. The van der Waals surface area contributed by atoms with Crippen molar-refractivity contribution in [2.75, 3.05) is 23.7 Å². The number of aromatic nitrogens is 2. The van der Waals surface area contributed by atoms with Crippen molar-refractivity contribution in [1.29, 1.82) is 0 Å². The molecule has 0 unspecified atom stereocenters. The van der Waals surface area contributed by atoms with E-state index in [4.69, 9.17) is 11.5 Å². The maximum absolute atomic E-state index is 11.2. The van der Waals surface area contributed by atoms with Crippen LogP contribution in [0.25, 0.3) is 11.0 Å². The van der Waals surface area contributed by atoms with Crippen LogP contribution in [0.2, 0.25) is 0 Å². The van der Waals surface area contributed by atoms with Gasteiger partial charge < -0.3 is 22.1 Å². The predicted octanol–water partition coefficient (Wildman–Crippen LogP) is 1.67. The summed E-state index contributed by atoms with van der Waals surface area (Å²) < 4.78 is 0. The van der Waals surface area contributed by atoms with Gasteiger partial charge in [-0.1, -0.05) is 18.1 Å². The van der Waals surface area contributed by atoms with Gasteiger partial charge in [0.15, 0.2) is 11.6 Å². The van der Waals surface area contributed by atoms with Crippen molar-refractivity contribution in [2.45, 2.75) is 6.92 Å². The highest BCUT2D eigenvalue weighted by atomic mass is 16.1. The minimum Gasteiger partial charge on any atom is -0.382 e. The second kappa shape index (κ2) is 9.19. The number of nitrogens with one attached hydrogen (secondary N) is 2. The molecule has 3 aromatic rings. The SMILES string of the molecule is CC(=O)Nc1ccc2ccc(C#Cc3ccccc3NCCN=C(N)N)nc2n1. The van der Waals surface area contributed by atoms with Gasteiger partial charge in [-0.05, 0) is 42.3 Å². The molecule has 0 aliphatic rings. The molecule has 0 saturated carbocycles. The van der Waals surface area contributed by atoms with Gasteiger partial charge in [0.25, 0.3) is 0 Å². The van der Waals surface area contributed by atoms with E-state index in [0.717, 1.165) is 16.6 Å². The highest BCUT2D eigenvalue weighted by Gasteiger charge is 2.03. The number of guanidine groups is 1. The van der Waals surface area contributed by atoms with E-state index in [0.29, 0.717) is 30.2 Å². The second-order valence-corrected chi connectivity index (χ2v) is 6.15. The second-order valence-electron chi connectivity index (χ2n) is 6.15. The predicted molar refractivity (Wildman–Crippen MR) is 115 cm³/mol. The number of fused-ring (bicyclic) bond motifs is 1. The Morgan fingerprint density at radius 1 is 1.07 bits per heavy atom. The lowest BCUT2D eigenvalue weighted by atomic mass is 10.1. The van der Waals surface area contributed by atoms with E-state index in [1.165, 1.54) is 6.92 Å². The Morgan fingerprint density at radius 3 is 2.66 bits per heavy atom. The third-order valence-electron chi connectivity index (χ3n) is 3.83. The zero-order valence-corrected chi connectivity index (χ0v) is 15.9. The average molecular weight is 387 g/mol. The van der Waals surface area contributed by atoms with E-state index in [1.54, 1.807) is 6.07 Å². The first-order valence-electron chi connectivity index (χ1n) is 8.97. The van der Waals surface area contributed by atoms with Crippen LogP contribution in [-0.2, 0) is 4.79 Å². The van der Waals surface area contributed by atoms with Gasteiger partial charge in [-0.25, -0.2) is 9.97 Å². The minimum atomic E-state index is -0.184. The summed E-state index contributed by atoms with van der Waals surface area (Å²) in [4.78, 5) is 24.0. The monoisotopic (exact) mass is 387 g/mol. The van der Waals surface area contributed by atoms with Gasteiger partial charge in [0.05, 0.1) is 6.54 Å². The molecule has 2 aromatic heterocycles. The van der Waals surface area contributed by atoms with Crippen LogP contribution in [0, 0.1) is 11.8 Å². The number of hydrogen-bond acceptors (Lipinski definition) is 5. The molecule has 0 aliphatic carbocycles. The molecule has 0 aliphatic heterocycles. The first kappa shape index (κ1) is 19.6. The minimum absolute atomic E-state index is 0.0672. The Labute approximate surface area is 168 Å². The number of anilines is 2. The van der Waals surface area contributed by atoms with Crippen LogP contribution in [-0.4, -0.2) is 34.9 Å². The Bertz CT molecular complexity index is 1120. The maximum Gasteiger partial charge on any atom is 0.222 e. The topological polar surface area (TPSA) is 131 Å². The number of benzene rings is 1. The lowest BCUT2D eigenvalue weighted by molar-refractivity contribution is -0.114. The van der Waals surface area contributed by atoms with Crippen LogP contribution in [0.5, 0.6) is 0 Å². The maximum atomic E-state index is 11.2. The molecule has 0 atom stereocenters. The van der Waals surface area contributed by atoms with Crippen molar-refractivity contribution < 1.29 is 4.79 Å². The molecule has 29 heavy (non-hydrogen) atoms. The smallest absolute Gasteiger partial charge is 0.222 e. The normalized spacial score (nSPS) is 9.97. The number of carbonyl (C=O) groups is 1. The molecule has 146 valence electrons. The molecule has 0 spiro atoms. The molecule has 0 bridgehead atoms. The molecule has 8 heteroatoms. The van der Waals surface area contributed by atoms with Crippen LogP contribution >= 0.6 is 0 Å². The molecule has 3 rings (SSSR count). The number of aliphatic imine (C=N–C) groups is 1. The van der Waals surface area contributed by atoms with Gasteiger partial charge in [-0.15, -0.1) is 0 Å². The summed E-state index contributed by atoms with van der Waals surface area (Å²) in [6.07, 6.45) is 0. The quantitative estimate of drug-likeness (QED) is 0.228. The molecular formula is C21H21N7O. The fraction of sp³-hybridized carbons (Fsp3) is 0.143. The Hall–Kier alpha value is -4.12. The summed E-state index contributed by atoms with van der Waals surface area (Å²) in [5, 5.41) is 6.79. The highest BCUT2D eigenvalue weighted by molar-refractivity contribution is 5.89. The van der Waals surface area contributed by atoms with E-state index in [2.05, 4.69) is 37.4 Å². The number of amides is 1. The van der Waals surface area contributed by atoms with E-state index in [9.17, 15) is 4.79 Å². The Balaban J connectivity index is 1.81. The molecule has 6 N–H and O–H groups in total. The summed E-state index contributed by atoms with van der Waals surface area (Å²) >= 11 is 0. The summed E-state index contributed by atoms with van der Waals surface area (Å²) in [7, 11) is 0. The van der Waals surface area contributed by atoms with Gasteiger partial charge in [-0.3, -0.25) is 9.79 Å². The van der Waals surface area contributed by atoms with E-state index in [-0.39, 0.29) is 11.9 Å². The first-order chi connectivity index (χ1) is 14.0. The van der Waals surface area contributed by atoms with E-state index >= 15 is 0 Å². The van der Waals surface area contributed by atoms with Gasteiger partial charge in [0.2, 0.25) is 5.91 Å². The number of rotatable bonds is 5. The van der Waals surface area contributed by atoms with Crippen LogP contribution in [0.1, 0.15) is 18.2 Å². The van der Waals surface area contributed by atoms with Crippen molar-refractivity contribution in [3.8, 4) is 11.8 Å². The van der Waals surface area contributed by atoms with Gasteiger partial charge in [-0.2, -0.15) is 0 Å². The summed E-state index contributed by atoms with van der Waals surface area (Å²) in [6.45, 7) is 2.49. The van der Waals surface area contributed by atoms with E-state index < -0.39 is 0 Å². The summed E-state index contributed by atoms with van der Waals surface area (Å²) in [5.74, 6) is 6.54. The third-order valence-corrected chi connectivity index (χ3v) is 3.83. The standard InChI is InChI=1S/C21H21N7O/c1-14(29)26-19-11-8-16-7-10-17(27-20(16)28-19)9-6-15-4-2-3-5-18(15)24-12-13-25-21(22)23/h2-5,7-8,10-11,24H,12-13H2,1H3,(H4,22,23,25)(H,26,27,28,29). The fourth-order valence-corrected chi connectivity index (χ4v) is 2.57. The van der Waals surface area contributed by atoms with Crippen LogP contribution in [0.4, 0.5) is 11.5 Å². The average Bonchev–Trinajstić information content (AvgIpc) is 2.69. The van der Waals surface area contributed by atoms with E-state index in [1.807, 2.05) is 42.5 Å². The Morgan fingerprint density at radius 2 is 1.86 bits per heavy atom. The number of hydrogen-bond donors (Lipinski definition) is 4. The molecular weight excluding hydrogens is 366 g/mol. The Kier molecular flexibility index (Phi) is 6.22. The largest absolute Gasteiger partial charge is 0.382 e. The van der Waals surface area contributed by atoms with Crippen molar-refractivity contribution >= 4 is 34.4 Å². The number of carbonyl (C=O) groups excluding carboxylic acids is 1. The van der Waals surface area contributed by atoms with Gasteiger partial charge in [0.1, 0.15) is 11.5 Å². The lowest BCUT2D eigenvalue weighted by Gasteiger charge is -2.07. The van der Waals surface area contributed by atoms with Gasteiger partial charge >= 0.3 is 0 Å². The first-order valence-corrected chi connectivity index (χ1v) is 8.97. The molecule has 8 nitrogen and oxygen atoms in total. The summed E-state index contributed by atoms with van der Waals surface area (Å²) in [5.41, 5.74) is 13.5. The number of pyridine rings is 2. The third kappa shape index (κ3) is 5.68. The van der Waals surface area contributed by atoms with Crippen molar-refractivity contribution in [2.24, 2.45) is 16.5 Å². The van der Waals surface area contributed by atoms with Crippen molar-refractivity contribution in [3.63, 3.8) is 0 Å². The zero-order chi connectivity index (χ0) is 20.6. The molecule has 0 radical (unpaired) electrons. The highest BCUT2D eigenvalue weighted by Crippen LogP contribution is 2.15. The van der Waals surface area contributed by atoms with Crippen molar-refractivity contribution in [1.82, 2.24) is 9.97 Å². The fourth-order valence-electron chi connectivity index (χ4n) is 2.57. The van der Waals surface area contributed by atoms with Crippen LogP contribution < -0.4 is 22.1 Å². The van der Waals surface area contributed by atoms with Crippen molar-refractivity contribution in [3.05, 3.63) is 59.8 Å². The number of nitrogens with two attached hydrogens (primary N) is 2. The van der Waals surface area contributed by atoms with Crippen LogP contribution in [0.3, 0.4) is 0 Å². The molecule has 0 fully saturated rings. The zero-order valence-electron chi connectivity index (χ0n) is 15.9. The number of nitrogens with zero attached hydrogens (tertiary/aromatic N) is 3. The van der Waals surface area contributed by atoms with Crippen LogP contribution in [0.15, 0.2) is 53.5 Å².